The molecule has 0 radical (unpaired) electrons. The van der Waals surface area contributed by atoms with Gasteiger partial charge in [-0.15, -0.1) is 0 Å². The van der Waals surface area contributed by atoms with Gasteiger partial charge in [0.2, 0.25) is 0 Å². The third-order valence-corrected chi connectivity index (χ3v) is 4.41. The first-order valence-corrected chi connectivity index (χ1v) is 9.30. The van der Waals surface area contributed by atoms with E-state index in [2.05, 4.69) is 15.3 Å². The van der Waals surface area contributed by atoms with Gasteiger partial charge in [-0.05, 0) is 30.5 Å². The zero-order chi connectivity index (χ0) is 19.8. The maximum Gasteiger partial charge on any atom is 0.274 e. The van der Waals surface area contributed by atoms with Crippen molar-refractivity contribution in [2.75, 3.05) is 18.4 Å². The van der Waals surface area contributed by atoms with Gasteiger partial charge in [0.25, 0.3) is 5.91 Å². The third kappa shape index (κ3) is 5.13. The molecule has 0 aliphatic heterocycles. The summed E-state index contributed by atoms with van der Waals surface area (Å²) in [4.78, 5) is 22.9. The SMILES string of the molecule is CCN(Cc1ccccc1)C(=O)c1cnc(NCCc2ccccc2F)cn1. The first-order valence-electron chi connectivity index (χ1n) is 9.30. The van der Waals surface area contributed by atoms with E-state index in [9.17, 15) is 9.18 Å². The van der Waals surface area contributed by atoms with E-state index >= 15 is 0 Å². The van der Waals surface area contributed by atoms with Crippen molar-refractivity contribution < 1.29 is 9.18 Å². The number of amides is 1. The molecule has 144 valence electrons. The van der Waals surface area contributed by atoms with Crippen LogP contribution in [0.4, 0.5) is 10.2 Å². The van der Waals surface area contributed by atoms with Crippen LogP contribution in [0.25, 0.3) is 0 Å². The van der Waals surface area contributed by atoms with Crippen molar-refractivity contribution >= 4 is 11.7 Å². The van der Waals surface area contributed by atoms with E-state index in [1.54, 1.807) is 17.0 Å². The summed E-state index contributed by atoms with van der Waals surface area (Å²) in [6.07, 6.45) is 3.54. The highest BCUT2D eigenvalue weighted by Gasteiger charge is 2.16. The standard InChI is InChI=1S/C22H23FN4O/c1-2-27(16-17-8-4-3-5-9-17)22(28)20-14-26-21(15-25-20)24-13-12-18-10-6-7-11-19(18)23/h3-11,14-15H,2,12-13,16H2,1H3,(H,24,26). The largest absolute Gasteiger partial charge is 0.368 e. The van der Waals surface area contributed by atoms with Crippen LogP contribution in [0.3, 0.4) is 0 Å². The molecule has 3 rings (SSSR count). The molecule has 1 N–H and O–H groups in total. The molecule has 1 heterocycles. The lowest BCUT2D eigenvalue weighted by Crippen LogP contribution is -2.31. The van der Waals surface area contributed by atoms with Gasteiger partial charge in [-0.25, -0.2) is 14.4 Å². The highest BCUT2D eigenvalue weighted by Crippen LogP contribution is 2.10. The average Bonchev–Trinajstić information content (AvgIpc) is 2.74. The number of nitrogens with zero attached hydrogens (tertiary/aromatic N) is 3. The van der Waals surface area contributed by atoms with E-state index in [1.807, 2.05) is 43.3 Å². The average molecular weight is 378 g/mol. The van der Waals surface area contributed by atoms with Crippen LogP contribution in [-0.2, 0) is 13.0 Å². The second kappa shape index (κ2) is 9.60. The maximum atomic E-state index is 13.6. The van der Waals surface area contributed by atoms with Gasteiger partial charge in [-0.3, -0.25) is 4.79 Å². The molecule has 0 unspecified atom stereocenters. The molecular formula is C22H23FN4O. The van der Waals surface area contributed by atoms with Crippen molar-refractivity contribution in [3.8, 4) is 0 Å². The minimum Gasteiger partial charge on any atom is -0.368 e. The Labute approximate surface area is 164 Å². The summed E-state index contributed by atoms with van der Waals surface area (Å²) < 4.78 is 13.6. The van der Waals surface area contributed by atoms with Crippen LogP contribution in [0.2, 0.25) is 0 Å². The monoisotopic (exact) mass is 378 g/mol. The van der Waals surface area contributed by atoms with Crippen LogP contribution in [0.15, 0.2) is 67.0 Å². The predicted octanol–water partition coefficient (Wildman–Crippen LogP) is 3.93. The summed E-state index contributed by atoms with van der Waals surface area (Å²) >= 11 is 0. The number of carbonyl (C=O) groups excluding carboxylic acids is 1. The smallest absolute Gasteiger partial charge is 0.274 e. The fourth-order valence-electron chi connectivity index (χ4n) is 2.85. The molecule has 0 saturated heterocycles. The minimum atomic E-state index is -0.214. The van der Waals surface area contributed by atoms with E-state index in [0.29, 0.717) is 43.1 Å². The Morgan fingerprint density at radius 1 is 1.04 bits per heavy atom. The van der Waals surface area contributed by atoms with Crippen LogP contribution < -0.4 is 5.32 Å². The van der Waals surface area contributed by atoms with Gasteiger partial charge in [-0.1, -0.05) is 48.5 Å². The summed E-state index contributed by atoms with van der Waals surface area (Å²) in [6, 6.07) is 16.5. The van der Waals surface area contributed by atoms with Crippen molar-refractivity contribution in [1.29, 1.82) is 0 Å². The van der Waals surface area contributed by atoms with Crippen molar-refractivity contribution in [1.82, 2.24) is 14.9 Å². The first-order chi connectivity index (χ1) is 13.7. The van der Waals surface area contributed by atoms with E-state index < -0.39 is 0 Å². The van der Waals surface area contributed by atoms with Gasteiger partial charge in [0, 0.05) is 19.6 Å². The van der Waals surface area contributed by atoms with Gasteiger partial charge >= 0.3 is 0 Å². The molecule has 3 aromatic rings. The van der Waals surface area contributed by atoms with Crippen molar-refractivity contribution in [2.24, 2.45) is 0 Å². The second-order valence-corrected chi connectivity index (χ2v) is 6.36. The van der Waals surface area contributed by atoms with E-state index in [-0.39, 0.29) is 11.7 Å². The van der Waals surface area contributed by atoms with Crippen LogP contribution in [0, 0.1) is 5.82 Å². The Bertz CT molecular complexity index is 900. The quantitative estimate of drug-likeness (QED) is 0.645. The number of anilines is 1. The van der Waals surface area contributed by atoms with E-state index in [0.717, 1.165) is 5.56 Å². The Morgan fingerprint density at radius 3 is 2.46 bits per heavy atom. The summed E-state index contributed by atoms with van der Waals surface area (Å²) in [7, 11) is 0. The summed E-state index contributed by atoms with van der Waals surface area (Å²) in [5.41, 5.74) is 2.02. The lowest BCUT2D eigenvalue weighted by Gasteiger charge is -2.20. The van der Waals surface area contributed by atoms with Gasteiger partial charge in [0.05, 0.1) is 12.4 Å². The zero-order valence-corrected chi connectivity index (χ0v) is 15.8. The fourth-order valence-corrected chi connectivity index (χ4v) is 2.85. The Balaban J connectivity index is 1.56. The molecule has 0 aliphatic rings. The molecule has 0 fully saturated rings. The summed E-state index contributed by atoms with van der Waals surface area (Å²) in [5, 5.41) is 3.10. The summed E-state index contributed by atoms with van der Waals surface area (Å²) in [6.45, 7) is 3.57. The van der Waals surface area contributed by atoms with Crippen LogP contribution in [-0.4, -0.2) is 33.9 Å². The number of aromatic nitrogens is 2. The molecule has 0 atom stereocenters. The third-order valence-electron chi connectivity index (χ3n) is 4.41. The molecule has 0 bridgehead atoms. The first kappa shape index (κ1) is 19.5. The number of hydrogen-bond donors (Lipinski definition) is 1. The lowest BCUT2D eigenvalue weighted by molar-refractivity contribution is 0.0746. The normalized spacial score (nSPS) is 10.5. The van der Waals surface area contributed by atoms with Gasteiger partial charge < -0.3 is 10.2 Å². The molecule has 0 saturated carbocycles. The fraction of sp³-hybridized carbons (Fsp3) is 0.227. The van der Waals surface area contributed by atoms with Crippen LogP contribution in [0.1, 0.15) is 28.5 Å². The maximum absolute atomic E-state index is 13.6. The Hall–Kier alpha value is -3.28. The van der Waals surface area contributed by atoms with Crippen molar-refractivity contribution in [2.45, 2.75) is 19.9 Å². The molecule has 1 amide bonds. The molecule has 0 spiro atoms. The lowest BCUT2D eigenvalue weighted by atomic mass is 10.1. The van der Waals surface area contributed by atoms with Crippen molar-refractivity contribution in [3.63, 3.8) is 0 Å². The van der Waals surface area contributed by atoms with E-state index in [1.165, 1.54) is 18.5 Å². The van der Waals surface area contributed by atoms with Crippen molar-refractivity contribution in [3.05, 3.63) is 89.6 Å². The Morgan fingerprint density at radius 2 is 1.79 bits per heavy atom. The molecule has 5 nitrogen and oxygen atoms in total. The van der Waals surface area contributed by atoms with Crippen LogP contribution in [0.5, 0.6) is 0 Å². The predicted molar refractivity (Wildman–Crippen MR) is 107 cm³/mol. The second-order valence-electron chi connectivity index (χ2n) is 6.36. The number of halogens is 1. The van der Waals surface area contributed by atoms with E-state index in [4.69, 9.17) is 0 Å². The zero-order valence-electron chi connectivity index (χ0n) is 15.8. The summed E-state index contributed by atoms with van der Waals surface area (Å²) in [5.74, 6) is 0.185. The number of carbonyl (C=O) groups is 1. The molecule has 2 aromatic carbocycles. The highest BCUT2D eigenvalue weighted by molar-refractivity contribution is 5.92. The Kier molecular flexibility index (Phi) is 6.68. The van der Waals surface area contributed by atoms with Gasteiger partial charge in [-0.2, -0.15) is 0 Å². The molecule has 0 aliphatic carbocycles. The van der Waals surface area contributed by atoms with Gasteiger partial charge in [0.15, 0.2) is 0 Å². The topological polar surface area (TPSA) is 58.1 Å². The molecular weight excluding hydrogens is 355 g/mol. The molecule has 28 heavy (non-hydrogen) atoms. The number of nitrogens with one attached hydrogen (secondary N) is 1. The number of rotatable bonds is 8. The number of hydrogen-bond acceptors (Lipinski definition) is 4. The number of benzene rings is 2. The van der Waals surface area contributed by atoms with Crippen LogP contribution >= 0.6 is 0 Å². The van der Waals surface area contributed by atoms with Gasteiger partial charge in [0.1, 0.15) is 17.3 Å². The highest BCUT2D eigenvalue weighted by atomic mass is 19.1. The molecule has 1 aromatic heterocycles. The molecule has 6 heteroatoms. The minimum absolute atomic E-state index is 0.156.